The average Bonchev–Trinajstić information content (AvgIpc) is 2.23. The van der Waals surface area contributed by atoms with Crippen molar-refractivity contribution >= 4 is 0 Å². The van der Waals surface area contributed by atoms with Gasteiger partial charge >= 0.3 is 0 Å². The van der Waals surface area contributed by atoms with Crippen molar-refractivity contribution in [2.24, 2.45) is 5.92 Å². The van der Waals surface area contributed by atoms with Crippen LogP contribution in [0.1, 0.15) is 47.0 Å². The van der Waals surface area contributed by atoms with Gasteiger partial charge in [-0.2, -0.15) is 0 Å². The molecule has 3 nitrogen and oxygen atoms in total. The van der Waals surface area contributed by atoms with Gasteiger partial charge in [0, 0.05) is 18.8 Å². The first kappa shape index (κ1) is 15.9. The smallest absolute Gasteiger partial charge is 0.0611 e. The van der Waals surface area contributed by atoms with Gasteiger partial charge in [-0.05, 0) is 38.6 Å². The predicted molar refractivity (Wildman–Crippen MR) is 68.7 cm³/mol. The maximum atomic E-state index is 9.27. The fraction of sp³-hybridized carbons (Fsp3) is 1.00. The summed E-state index contributed by atoms with van der Waals surface area (Å²) in [6.07, 6.45) is 3.22. The predicted octanol–water partition coefficient (Wildman–Crippen LogP) is 2.19. The molecule has 16 heavy (non-hydrogen) atoms. The molecule has 0 bridgehead atoms. The SMILES string of the molecule is CCNC(C)(CO)CCOCCCC(C)C. The van der Waals surface area contributed by atoms with Crippen LogP contribution in [-0.4, -0.2) is 37.0 Å². The average molecular weight is 231 g/mol. The maximum Gasteiger partial charge on any atom is 0.0611 e. The van der Waals surface area contributed by atoms with Crippen molar-refractivity contribution in [2.45, 2.75) is 52.5 Å². The maximum absolute atomic E-state index is 9.27. The van der Waals surface area contributed by atoms with Gasteiger partial charge in [0.2, 0.25) is 0 Å². The molecule has 0 aliphatic carbocycles. The van der Waals surface area contributed by atoms with E-state index in [-0.39, 0.29) is 12.1 Å². The second-order valence-corrected chi connectivity index (χ2v) is 5.15. The van der Waals surface area contributed by atoms with Crippen LogP contribution < -0.4 is 5.32 Å². The zero-order valence-electron chi connectivity index (χ0n) is 11.4. The molecule has 0 aliphatic rings. The largest absolute Gasteiger partial charge is 0.394 e. The summed E-state index contributed by atoms with van der Waals surface area (Å²) in [5.41, 5.74) is -0.188. The molecule has 1 atom stereocenters. The van der Waals surface area contributed by atoms with Crippen molar-refractivity contribution in [3.8, 4) is 0 Å². The number of ether oxygens (including phenoxy) is 1. The van der Waals surface area contributed by atoms with E-state index in [0.717, 1.165) is 38.5 Å². The van der Waals surface area contributed by atoms with Crippen LogP contribution in [-0.2, 0) is 4.74 Å². The third-order valence-corrected chi connectivity index (χ3v) is 2.82. The Morgan fingerprint density at radius 3 is 2.50 bits per heavy atom. The Balaban J connectivity index is 3.48. The van der Waals surface area contributed by atoms with Crippen LogP contribution >= 0.6 is 0 Å². The van der Waals surface area contributed by atoms with Crippen LogP contribution in [0, 0.1) is 5.92 Å². The van der Waals surface area contributed by atoms with Crippen molar-refractivity contribution < 1.29 is 9.84 Å². The first-order valence-electron chi connectivity index (χ1n) is 6.47. The van der Waals surface area contributed by atoms with Gasteiger partial charge in [-0.3, -0.25) is 0 Å². The summed E-state index contributed by atoms with van der Waals surface area (Å²) in [5.74, 6) is 0.757. The van der Waals surface area contributed by atoms with Gasteiger partial charge in [0.05, 0.1) is 6.61 Å². The second kappa shape index (κ2) is 8.97. The molecule has 0 aromatic rings. The van der Waals surface area contributed by atoms with Crippen LogP contribution in [0.3, 0.4) is 0 Å². The minimum Gasteiger partial charge on any atom is -0.394 e. The highest BCUT2D eigenvalue weighted by molar-refractivity contribution is 4.81. The lowest BCUT2D eigenvalue weighted by molar-refractivity contribution is 0.0844. The number of nitrogens with one attached hydrogen (secondary N) is 1. The molecule has 3 heteroatoms. The summed E-state index contributed by atoms with van der Waals surface area (Å²) < 4.78 is 5.58. The lowest BCUT2D eigenvalue weighted by Gasteiger charge is -2.28. The lowest BCUT2D eigenvalue weighted by atomic mass is 10.00. The Hall–Kier alpha value is -0.120. The monoisotopic (exact) mass is 231 g/mol. The van der Waals surface area contributed by atoms with E-state index in [9.17, 15) is 5.11 Å². The van der Waals surface area contributed by atoms with Crippen LogP contribution in [0.4, 0.5) is 0 Å². The summed E-state index contributed by atoms with van der Waals surface area (Å²) in [6.45, 7) is 11.2. The molecule has 0 aromatic heterocycles. The van der Waals surface area contributed by atoms with Gasteiger partial charge in [-0.25, -0.2) is 0 Å². The molecule has 0 rings (SSSR count). The van der Waals surface area contributed by atoms with E-state index in [0.29, 0.717) is 0 Å². The Bertz CT molecular complexity index is 162. The molecule has 0 amide bonds. The zero-order valence-corrected chi connectivity index (χ0v) is 11.4. The quantitative estimate of drug-likeness (QED) is 0.566. The van der Waals surface area contributed by atoms with Crippen LogP contribution in [0.15, 0.2) is 0 Å². The molecule has 0 aromatic carbocycles. The zero-order chi connectivity index (χ0) is 12.4. The number of hydrogen-bond acceptors (Lipinski definition) is 3. The summed E-state index contributed by atoms with van der Waals surface area (Å²) in [6, 6.07) is 0. The molecule has 0 heterocycles. The number of hydrogen-bond donors (Lipinski definition) is 2. The molecular weight excluding hydrogens is 202 g/mol. The first-order valence-corrected chi connectivity index (χ1v) is 6.47. The van der Waals surface area contributed by atoms with Crippen molar-refractivity contribution in [1.29, 1.82) is 0 Å². The van der Waals surface area contributed by atoms with Gasteiger partial charge in [-0.1, -0.05) is 20.8 Å². The van der Waals surface area contributed by atoms with Crippen LogP contribution in [0.5, 0.6) is 0 Å². The standard InChI is InChI=1S/C13H29NO2/c1-5-14-13(4,11-15)8-10-16-9-6-7-12(2)3/h12,14-15H,5-11H2,1-4H3. The van der Waals surface area contributed by atoms with Crippen LogP contribution in [0.2, 0.25) is 0 Å². The molecular formula is C13H29NO2. The van der Waals surface area contributed by atoms with E-state index in [2.05, 4.69) is 26.1 Å². The molecule has 1 unspecified atom stereocenters. The number of likely N-dealkylation sites (N-methyl/N-ethyl adjacent to an activating group) is 1. The number of rotatable bonds is 10. The van der Waals surface area contributed by atoms with E-state index >= 15 is 0 Å². The van der Waals surface area contributed by atoms with E-state index in [1.165, 1.54) is 6.42 Å². The van der Waals surface area contributed by atoms with E-state index in [1.54, 1.807) is 0 Å². The summed E-state index contributed by atoms with van der Waals surface area (Å²) in [7, 11) is 0. The topological polar surface area (TPSA) is 41.5 Å². The molecule has 0 fully saturated rings. The molecule has 0 spiro atoms. The molecule has 2 N–H and O–H groups in total. The highest BCUT2D eigenvalue weighted by Crippen LogP contribution is 2.09. The van der Waals surface area contributed by atoms with E-state index < -0.39 is 0 Å². The van der Waals surface area contributed by atoms with Gasteiger partial charge < -0.3 is 15.2 Å². The minimum absolute atomic E-state index is 0.163. The van der Waals surface area contributed by atoms with Crippen molar-refractivity contribution in [3.63, 3.8) is 0 Å². The van der Waals surface area contributed by atoms with Crippen molar-refractivity contribution in [2.75, 3.05) is 26.4 Å². The van der Waals surface area contributed by atoms with E-state index in [1.807, 2.05) is 6.92 Å². The first-order chi connectivity index (χ1) is 7.54. The van der Waals surface area contributed by atoms with Gasteiger partial charge in [0.1, 0.15) is 0 Å². The van der Waals surface area contributed by atoms with Gasteiger partial charge in [0.25, 0.3) is 0 Å². The third-order valence-electron chi connectivity index (χ3n) is 2.82. The third kappa shape index (κ3) is 8.08. The van der Waals surface area contributed by atoms with E-state index in [4.69, 9.17) is 4.74 Å². The number of aliphatic hydroxyl groups is 1. The van der Waals surface area contributed by atoms with Crippen molar-refractivity contribution in [1.82, 2.24) is 5.32 Å². The highest BCUT2D eigenvalue weighted by atomic mass is 16.5. The Morgan fingerprint density at radius 2 is 2.00 bits per heavy atom. The van der Waals surface area contributed by atoms with Crippen LogP contribution in [0.25, 0.3) is 0 Å². The highest BCUT2D eigenvalue weighted by Gasteiger charge is 2.20. The molecule has 98 valence electrons. The minimum atomic E-state index is -0.188. The van der Waals surface area contributed by atoms with Crippen molar-refractivity contribution in [3.05, 3.63) is 0 Å². The van der Waals surface area contributed by atoms with Gasteiger partial charge in [-0.15, -0.1) is 0 Å². The summed E-state index contributed by atoms with van der Waals surface area (Å²) >= 11 is 0. The Labute approximate surface area is 101 Å². The Kier molecular flexibility index (Phi) is 8.90. The summed E-state index contributed by atoms with van der Waals surface area (Å²) in [5, 5.41) is 12.6. The fourth-order valence-corrected chi connectivity index (χ4v) is 1.64. The Morgan fingerprint density at radius 1 is 1.31 bits per heavy atom. The fourth-order valence-electron chi connectivity index (χ4n) is 1.64. The molecule has 0 saturated heterocycles. The normalized spacial score (nSPS) is 15.4. The van der Waals surface area contributed by atoms with Gasteiger partial charge in [0.15, 0.2) is 0 Å². The lowest BCUT2D eigenvalue weighted by Crippen LogP contribution is -2.46. The summed E-state index contributed by atoms with van der Waals surface area (Å²) in [4.78, 5) is 0. The second-order valence-electron chi connectivity index (χ2n) is 5.15. The molecule has 0 aliphatic heterocycles. The molecule has 0 saturated carbocycles. The molecule has 0 radical (unpaired) electrons. The number of aliphatic hydroxyl groups excluding tert-OH is 1.